The lowest BCUT2D eigenvalue weighted by Crippen LogP contribution is -2.38. The van der Waals surface area contributed by atoms with Gasteiger partial charge in [-0.25, -0.2) is 16.8 Å². The lowest BCUT2D eigenvalue weighted by atomic mass is 9.96. The van der Waals surface area contributed by atoms with Crippen molar-refractivity contribution in [1.29, 1.82) is 0 Å². The molecule has 1 saturated heterocycles. The molecule has 0 aliphatic carbocycles. The van der Waals surface area contributed by atoms with E-state index in [4.69, 9.17) is 0 Å². The van der Waals surface area contributed by atoms with Crippen LogP contribution in [-0.2, 0) is 21.4 Å². The maximum Gasteiger partial charge on any atom is 0.268 e. The van der Waals surface area contributed by atoms with Gasteiger partial charge in [0.2, 0.25) is 5.91 Å². The zero-order chi connectivity index (χ0) is 26.4. The van der Waals surface area contributed by atoms with Crippen molar-refractivity contribution in [2.24, 2.45) is 5.92 Å². The summed E-state index contributed by atoms with van der Waals surface area (Å²) in [4.78, 5) is 13.7. The summed E-state index contributed by atoms with van der Waals surface area (Å²) in [5.74, 6) is 0.0280. The molecule has 3 aromatic carbocycles. The number of benzene rings is 3. The van der Waals surface area contributed by atoms with E-state index in [1.165, 1.54) is 28.2 Å². The minimum atomic E-state index is -3.93. The van der Waals surface area contributed by atoms with Crippen LogP contribution in [0.25, 0.3) is 32.9 Å². The van der Waals surface area contributed by atoms with Crippen LogP contribution >= 0.6 is 0 Å². The number of fused-ring (bicyclic) bond motifs is 2. The first kappa shape index (κ1) is 24.4. The predicted octanol–water partition coefficient (Wildman–Crippen LogP) is 5.29. The van der Waals surface area contributed by atoms with Crippen molar-refractivity contribution in [2.45, 2.75) is 31.2 Å². The van der Waals surface area contributed by atoms with Crippen LogP contribution in [0.3, 0.4) is 0 Å². The molecule has 7 nitrogen and oxygen atoms in total. The van der Waals surface area contributed by atoms with E-state index in [1.54, 1.807) is 37.4 Å². The highest BCUT2D eigenvalue weighted by atomic mass is 32.2. The summed E-state index contributed by atoms with van der Waals surface area (Å²) in [6, 6.07) is 18.3. The molecule has 5 aromatic rings. The summed E-state index contributed by atoms with van der Waals surface area (Å²) in [7, 11) is -3.93. The number of rotatable bonds is 5. The quantitative estimate of drug-likeness (QED) is 0.309. The largest absolute Gasteiger partial charge is 0.343 e. The molecular weight excluding hydrogens is 503 g/mol. The molecule has 0 N–H and O–H groups in total. The second kappa shape index (κ2) is 9.40. The van der Waals surface area contributed by atoms with Crippen LogP contribution < -0.4 is 0 Å². The van der Waals surface area contributed by atoms with Gasteiger partial charge >= 0.3 is 0 Å². The predicted molar refractivity (Wildman–Crippen MR) is 145 cm³/mol. The molecule has 6 rings (SSSR count). The van der Waals surface area contributed by atoms with E-state index < -0.39 is 15.8 Å². The van der Waals surface area contributed by atoms with Gasteiger partial charge in [0.25, 0.3) is 10.0 Å². The summed E-state index contributed by atoms with van der Waals surface area (Å²) >= 11 is 0. The van der Waals surface area contributed by atoms with Crippen LogP contribution in [-0.4, -0.2) is 46.1 Å². The van der Waals surface area contributed by atoms with Crippen molar-refractivity contribution in [1.82, 2.24) is 18.7 Å². The Kier molecular flexibility index (Phi) is 6.03. The van der Waals surface area contributed by atoms with Crippen molar-refractivity contribution in [3.8, 4) is 11.1 Å². The van der Waals surface area contributed by atoms with Gasteiger partial charge in [-0.2, -0.15) is 5.10 Å². The van der Waals surface area contributed by atoms with E-state index in [2.05, 4.69) is 5.10 Å². The number of nitrogens with zero attached hydrogens (tertiary/aromatic N) is 4. The third kappa shape index (κ3) is 4.26. The van der Waals surface area contributed by atoms with Crippen LogP contribution in [0.5, 0.6) is 0 Å². The second-order valence-corrected chi connectivity index (χ2v) is 11.7. The summed E-state index contributed by atoms with van der Waals surface area (Å²) in [6.07, 6.45) is 5.27. The summed E-state index contributed by atoms with van der Waals surface area (Å²) in [5.41, 5.74) is 2.76. The van der Waals surface area contributed by atoms with Crippen molar-refractivity contribution in [3.05, 3.63) is 84.9 Å². The second-order valence-electron chi connectivity index (χ2n) is 9.87. The summed E-state index contributed by atoms with van der Waals surface area (Å²) in [5, 5.41) is 6.26. The monoisotopic (exact) mass is 530 g/mol. The average Bonchev–Trinajstić information content (AvgIpc) is 3.50. The number of amides is 1. The highest BCUT2D eigenvalue weighted by Crippen LogP contribution is 2.35. The Labute approximate surface area is 220 Å². The maximum atomic E-state index is 14.3. The molecule has 3 heterocycles. The van der Waals surface area contributed by atoms with Gasteiger partial charge in [0.05, 0.1) is 22.1 Å². The van der Waals surface area contributed by atoms with Crippen molar-refractivity contribution >= 4 is 37.7 Å². The molecular formula is C29H27FN4O3S. The Balaban J connectivity index is 1.40. The maximum absolute atomic E-state index is 14.3. The Morgan fingerprint density at radius 2 is 1.76 bits per heavy atom. The Morgan fingerprint density at radius 1 is 1.00 bits per heavy atom. The van der Waals surface area contributed by atoms with Crippen molar-refractivity contribution < 1.29 is 17.6 Å². The standard InChI is InChI=1S/C29H27FN4O3S/c1-20(35)32-13-11-21(12-14-32)18-33-28-15-22(7-8-23(28)17-31-33)27-19-34(29-16-24(30)9-10-26(27)29)38(36,37)25-5-3-2-4-6-25/h2-10,15-17,19,21H,11-14,18H2,1H3. The molecule has 1 fully saturated rings. The number of piperidine rings is 1. The number of carbonyl (C=O) groups is 1. The van der Waals surface area contributed by atoms with E-state index in [0.717, 1.165) is 48.9 Å². The third-order valence-corrected chi connectivity index (χ3v) is 9.17. The van der Waals surface area contributed by atoms with E-state index in [-0.39, 0.29) is 16.3 Å². The fourth-order valence-corrected chi connectivity index (χ4v) is 6.75. The summed E-state index contributed by atoms with van der Waals surface area (Å²) < 4.78 is 44.5. The molecule has 194 valence electrons. The average molecular weight is 531 g/mol. The van der Waals surface area contributed by atoms with Gasteiger partial charge in [-0.1, -0.05) is 30.3 Å². The molecule has 1 aliphatic heterocycles. The zero-order valence-electron chi connectivity index (χ0n) is 20.9. The first-order valence-corrected chi connectivity index (χ1v) is 14.1. The van der Waals surface area contributed by atoms with Gasteiger partial charge in [0.1, 0.15) is 5.82 Å². The smallest absolute Gasteiger partial charge is 0.268 e. The molecule has 0 radical (unpaired) electrons. The Bertz CT molecular complexity index is 1770. The number of halogens is 1. The molecule has 1 amide bonds. The molecule has 0 atom stereocenters. The SMILES string of the molecule is CC(=O)N1CCC(Cn2ncc3ccc(-c4cn(S(=O)(=O)c5ccccc5)c5cc(F)ccc45)cc32)CC1. The molecule has 0 unspecified atom stereocenters. The first-order chi connectivity index (χ1) is 18.3. The van der Waals surface area contributed by atoms with Gasteiger partial charge in [0, 0.05) is 49.1 Å². The van der Waals surface area contributed by atoms with Crippen LogP contribution in [0.2, 0.25) is 0 Å². The van der Waals surface area contributed by atoms with Crippen molar-refractivity contribution in [3.63, 3.8) is 0 Å². The molecule has 0 bridgehead atoms. The normalized spacial score (nSPS) is 14.9. The topological polar surface area (TPSA) is 77.2 Å². The number of aromatic nitrogens is 3. The minimum absolute atomic E-state index is 0.117. The highest BCUT2D eigenvalue weighted by molar-refractivity contribution is 7.90. The minimum Gasteiger partial charge on any atom is -0.343 e. The zero-order valence-corrected chi connectivity index (χ0v) is 21.7. The number of hydrogen-bond acceptors (Lipinski definition) is 4. The molecule has 0 spiro atoms. The lowest BCUT2D eigenvalue weighted by Gasteiger charge is -2.31. The number of likely N-dealkylation sites (tertiary alicyclic amines) is 1. The Morgan fingerprint density at radius 3 is 2.50 bits per heavy atom. The number of hydrogen-bond donors (Lipinski definition) is 0. The lowest BCUT2D eigenvalue weighted by molar-refractivity contribution is -0.130. The van der Waals surface area contributed by atoms with Crippen LogP contribution in [0.15, 0.2) is 84.0 Å². The molecule has 2 aromatic heterocycles. The van der Waals surface area contributed by atoms with Gasteiger partial charge in [-0.3, -0.25) is 9.48 Å². The third-order valence-electron chi connectivity index (χ3n) is 7.48. The molecule has 9 heteroatoms. The first-order valence-electron chi connectivity index (χ1n) is 12.6. The molecule has 1 aliphatic rings. The highest BCUT2D eigenvalue weighted by Gasteiger charge is 2.24. The van der Waals surface area contributed by atoms with Crippen LogP contribution in [0.4, 0.5) is 4.39 Å². The van der Waals surface area contributed by atoms with Gasteiger partial charge in [-0.15, -0.1) is 0 Å². The van der Waals surface area contributed by atoms with Gasteiger partial charge in [-0.05, 0) is 60.7 Å². The fourth-order valence-electron chi connectivity index (χ4n) is 5.36. The molecule has 0 saturated carbocycles. The van der Waals surface area contributed by atoms with E-state index in [9.17, 15) is 17.6 Å². The van der Waals surface area contributed by atoms with E-state index in [0.29, 0.717) is 16.9 Å². The molecule has 38 heavy (non-hydrogen) atoms. The fraction of sp³-hybridized carbons (Fsp3) is 0.241. The summed E-state index contributed by atoms with van der Waals surface area (Å²) in [6.45, 7) is 3.88. The van der Waals surface area contributed by atoms with Crippen LogP contribution in [0, 0.1) is 11.7 Å². The van der Waals surface area contributed by atoms with E-state index in [1.807, 2.05) is 34.0 Å². The number of carbonyl (C=O) groups excluding carboxylic acids is 1. The van der Waals surface area contributed by atoms with Gasteiger partial charge < -0.3 is 4.90 Å². The van der Waals surface area contributed by atoms with Crippen molar-refractivity contribution in [2.75, 3.05) is 13.1 Å². The Hall–Kier alpha value is -3.98. The van der Waals surface area contributed by atoms with Crippen LogP contribution in [0.1, 0.15) is 19.8 Å². The van der Waals surface area contributed by atoms with E-state index >= 15 is 0 Å². The van der Waals surface area contributed by atoms with Gasteiger partial charge in [0.15, 0.2) is 0 Å².